The molecule has 208 valence electrons. The van der Waals surface area contributed by atoms with Crippen LogP contribution >= 0.6 is 11.9 Å². The number of nitrogens with zero attached hydrogens (tertiary/aromatic N) is 4. The molecule has 10 heteroatoms. The zero-order chi connectivity index (χ0) is 27.5. The van der Waals surface area contributed by atoms with Gasteiger partial charge in [-0.3, -0.25) is 4.98 Å². The average molecular weight is 565 g/mol. The third-order valence-electron chi connectivity index (χ3n) is 7.54. The van der Waals surface area contributed by atoms with Gasteiger partial charge >= 0.3 is 0 Å². The lowest BCUT2D eigenvalue weighted by atomic mass is 10.0. The van der Waals surface area contributed by atoms with Crippen LogP contribution in [0.2, 0.25) is 0 Å². The maximum Gasteiger partial charge on any atom is 0.155 e. The second-order valence-corrected chi connectivity index (χ2v) is 11.3. The molecule has 2 aromatic carbocycles. The van der Waals surface area contributed by atoms with E-state index in [0.29, 0.717) is 22.1 Å². The van der Waals surface area contributed by atoms with Crippen LogP contribution in [0.15, 0.2) is 61.1 Å². The number of piperazine rings is 1. The Morgan fingerprint density at radius 3 is 2.42 bits per heavy atom. The molecule has 0 atom stereocenters. The molecule has 0 radical (unpaired) electrons. The Hall–Kier alpha value is -3.50. The fraction of sp³-hybridized carbons (Fsp3) is 0.333. The van der Waals surface area contributed by atoms with E-state index in [4.69, 9.17) is 0 Å². The van der Waals surface area contributed by atoms with Crippen LogP contribution in [0, 0.1) is 17.5 Å². The summed E-state index contributed by atoms with van der Waals surface area (Å²) in [6.07, 6.45) is 10.4. The highest BCUT2D eigenvalue weighted by Crippen LogP contribution is 2.38. The molecule has 1 aliphatic heterocycles. The van der Waals surface area contributed by atoms with E-state index in [9.17, 15) is 4.39 Å². The maximum atomic E-state index is 16.0. The second kappa shape index (κ2) is 11.9. The van der Waals surface area contributed by atoms with Gasteiger partial charge in [0.2, 0.25) is 0 Å². The van der Waals surface area contributed by atoms with E-state index in [1.165, 1.54) is 41.2 Å². The summed E-state index contributed by atoms with van der Waals surface area (Å²) in [6, 6.07) is 10.9. The van der Waals surface area contributed by atoms with E-state index in [1.54, 1.807) is 36.8 Å². The minimum Gasteiger partial charge on any atom is -0.369 e. The van der Waals surface area contributed by atoms with Crippen LogP contribution in [-0.2, 0) is 0 Å². The molecule has 40 heavy (non-hydrogen) atoms. The molecule has 2 fully saturated rings. The van der Waals surface area contributed by atoms with Crippen molar-refractivity contribution in [3.8, 4) is 28.1 Å². The van der Waals surface area contributed by atoms with Crippen molar-refractivity contribution in [3.05, 3.63) is 78.5 Å². The van der Waals surface area contributed by atoms with Crippen molar-refractivity contribution in [2.24, 2.45) is 0 Å². The van der Waals surface area contributed by atoms with Gasteiger partial charge in [-0.25, -0.2) is 17.9 Å². The van der Waals surface area contributed by atoms with E-state index >= 15 is 8.78 Å². The fourth-order valence-electron chi connectivity index (χ4n) is 5.41. The van der Waals surface area contributed by atoms with Crippen LogP contribution < -0.4 is 14.9 Å². The first-order chi connectivity index (χ1) is 19.6. The van der Waals surface area contributed by atoms with Crippen molar-refractivity contribution in [2.45, 2.75) is 37.4 Å². The van der Waals surface area contributed by atoms with Crippen LogP contribution in [0.5, 0.6) is 0 Å². The summed E-state index contributed by atoms with van der Waals surface area (Å²) in [6.45, 7) is 3.28. The molecule has 1 aliphatic carbocycles. The van der Waals surface area contributed by atoms with Gasteiger partial charge in [0.15, 0.2) is 11.6 Å². The first-order valence-corrected chi connectivity index (χ1v) is 14.6. The van der Waals surface area contributed by atoms with Crippen LogP contribution in [0.25, 0.3) is 28.1 Å². The highest BCUT2D eigenvalue weighted by Gasteiger charge is 2.23. The van der Waals surface area contributed by atoms with Gasteiger partial charge in [0.05, 0.1) is 5.69 Å². The summed E-state index contributed by atoms with van der Waals surface area (Å²) in [5, 5.41) is 8.32. The van der Waals surface area contributed by atoms with Crippen molar-refractivity contribution in [2.75, 3.05) is 35.8 Å². The van der Waals surface area contributed by atoms with E-state index in [-0.39, 0.29) is 16.9 Å². The number of benzene rings is 2. The Labute approximate surface area is 236 Å². The number of pyridine rings is 1. The third-order valence-corrected chi connectivity index (χ3v) is 8.69. The summed E-state index contributed by atoms with van der Waals surface area (Å²) in [5.41, 5.74) is 2.60. The molecule has 0 bridgehead atoms. The SMILES string of the molecule is Fc1cc(NSC2CCCCC2)c(F)c(-c2cn(-c3ccc(N4CCNCC4)cc3F)nc2-c2ccncc2)c1. The molecule has 0 unspecified atom stereocenters. The van der Waals surface area contributed by atoms with Crippen molar-refractivity contribution >= 4 is 23.3 Å². The van der Waals surface area contributed by atoms with Crippen molar-refractivity contribution < 1.29 is 13.2 Å². The van der Waals surface area contributed by atoms with Crippen LogP contribution in [-0.4, -0.2) is 46.2 Å². The Bertz CT molecular complexity index is 1470. The average Bonchev–Trinajstić information content (AvgIpc) is 3.44. The Morgan fingerprint density at radius 1 is 0.900 bits per heavy atom. The first kappa shape index (κ1) is 26.7. The molecular formula is C30H31F3N6S. The molecule has 1 saturated carbocycles. The Balaban J connectivity index is 1.38. The van der Waals surface area contributed by atoms with Gasteiger partial charge in [-0.15, -0.1) is 0 Å². The lowest BCUT2D eigenvalue weighted by Crippen LogP contribution is -2.43. The van der Waals surface area contributed by atoms with Gasteiger partial charge in [0.25, 0.3) is 0 Å². The van der Waals surface area contributed by atoms with Gasteiger partial charge in [-0.05, 0) is 61.2 Å². The van der Waals surface area contributed by atoms with Crippen molar-refractivity contribution in [3.63, 3.8) is 0 Å². The van der Waals surface area contributed by atoms with E-state index in [2.05, 4.69) is 25.0 Å². The number of hydrogen-bond donors (Lipinski definition) is 2. The second-order valence-electron chi connectivity index (χ2n) is 10.2. The van der Waals surface area contributed by atoms with Gasteiger partial charge in [-0.2, -0.15) is 5.10 Å². The summed E-state index contributed by atoms with van der Waals surface area (Å²) in [7, 11) is 0. The minimum absolute atomic E-state index is 0.0580. The fourth-order valence-corrected chi connectivity index (χ4v) is 6.42. The van der Waals surface area contributed by atoms with Crippen molar-refractivity contribution in [1.29, 1.82) is 0 Å². The van der Waals surface area contributed by atoms with E-state index < -0.39 is 17.5 Å². The summed E-state index contributed by atoms with van der Waals surface area (Å²) in [4.78, 5) is 6.20. The molecule has 6 nitrogen and oxygen atoms in total. The smallest absolute Gasteiger partial charge is 0.155 e. The molecule has 2 aromatic heterocycles. The molecule has 6 rings (SSSR count). The van der Waals surface area contributed by atoms with Crippen LogP contribution in [0.4, 0.5) is 24.5 Å². The molecule has 1 saturated heterocycles. The molecule has 4 aromatic rings. The minimum atomic E-state index is -0.575. The third kappa shape index (κ3) is 5.69. The molecule has 3 heterocycles. The monoisotopic (exact) mass is 564 g/mol. The summed E-state index contributed by atoms with van der Waals surface area (Å²) < 4.78 is 50.8. The standard InChI is InChI=1S/C30H31F3N6S/c31-21-16-24(29(33)27(17-21)37-40-23-4-2-1-3-5-23)25-19-39(36-30(25)20-8-10-34-11-9-20)28-7-6-22(18-26(28)32)38-14-12-35-13-15-38/h6-11,16-19,23,35,37H,1-5,12-15H2. The predicted octanol–water partition coefficient (Wildman–Crippen LogP) is 6.82. The number of nitrogens with one attached hydrogen (secondary N) is 2. The van der Waals surface area contributed by atoms with Gasteiger partial charge in [-0.1, -0.05) is 19.3 Å². The quantitative estimate of drug-likeness (QED) is 0.240. The summed E-state index contributed by atoms with van der Waals surface area (Å²) >= 11 is 1.45. The van der Waals surface area contributed by atoms with Crippen molar-refractivity contribution in [1.82, 2.24) is 20.1 Å². The number of anilines is 2. The summed E-state index contributed by atoms with van der Waals surface area (Å²) in [5.74, 6) is -1.59. The van der Waals surface area contributed by atoms with Gasteiger partial charge < -0.3 is 14.9 Å². The Morgan fingerprint density at radius 2 is 1.68 bits per heavy atom. The molecule has 2 aliphatic rings. The predicted molar refractivity (Wildman–Crippen MR) is 155 cm³/mol. The topological polar surface area (TPSA) is 58.0 Å². The van der Waals surface area contributed by atoms with E-state index in [1.807, 2.05) is 6.07 Å². The van der Waals surface area contributed by atoms with Crippen LogP contribution in [0.3, 0.4) is 0 Å². The first-order valence-electron chi connectivity index (χ1n) is 13.7. The molecular weight excluding hydrogens is 533 g/mol. The number of halogens is 3. The Kier molecular flexibility index (Phi) is 7.97. The maximum absolute atomic E-state index is 16.0. The number of aromatic nitrogens is 3. The lowest BCUT2D eigenvalue weighted by Gasteiger charge is -2.29. The van der Waals surface area contributed by atoms with Crippen LogP contribution in [0.1, 0.15) is 32.1 Å². The van der Waals surface area contributed by atoms with E-state index in [0.717, 1.165) is 57.5 Å². The van der Waals surface area contributed by atoms with Gasteiger partial charge in [0.1, 0.15) is 17.2 Å². The number of rotatable bonds is 7. The zero-order valence-corrected chi connectivity index (χ0v) is 22.9. The molecule has 2 N–H and O–H groups in total. The largest absolute Gasteiger partial charge is 0.369 e. The number of hydrogen-bond acceptors (Lipinski definition) is 6. The highest BCUT2D eigenvalue weighted by molar-refractivity contribution is 8.01. The molecule has 0 spiro atoms. The molecule has 0 amide bonds. The zero-order valence-electron chi connectivity index (χ0n) is 22.0. The van der Waals surface area contributed by atoms with Gasteiger partial charge in [0, 0.05) is 78.5 Å². The lowest BCUT2D eigenvalue weighted by molar-refractivity contribution is 0.516. The normalized spacial score (nSPS) is 16.3. The highest BCUT2D eigenvalue weighted by atomic mass is 32.2.